The third-order valence-corrected chi connectivity index (χ3v) is 6.06. The lowest BCUT2D eigenvalue weighted by Crippen LogP contribution is -2.39. The molecule has 5 heterocycles. The van der Waals surface area contributed by atoms with E-state index in [0.717, 1.165) is 44.3 Å². The lowest BCUT2D eigenvalue weighted by atomic mass is 9.98. The predicted molar refractivity (Wildman–Crippen MR) is 113 cm³/mol. The maximum absolute atomic E-state index is 13.3. The van der Waals surface area contributed by atoms with Crippen LogP contribution in [0.1, 0.15) is 37.6 Å². The van der Waals surface area contributed by atoms with Crippen LogP contribution in [0.2, 0.25) is 0 Å². The minimum Gasteiger partial charge on any atom is -0.340 e. The Kier molecular flexibility index (Phi) is 4.41. The number of guanidine groups is 1. The Hall–Kier alpha value is -3.10. The van der Waals surface area contributed by atoms with Gasteiger partial charge in [-0.25, -0.2) is 15.0 Å². The fourth-order valence-corrected chi connectivity index (χ4v) is 4.85. The quantitative estimate of drug-likeness (QED) is 0.756. The molecule has 0 radical (unpaired) electrons. The first-order chi connectivity index (χ1) is 14.4. The zero-order valence-electron chi connectivity index (χ0n) is 17.6. The Morgan fingerprint density at radius 2 is 1.77 bits per heavy atom. The van der Waals surface area contributed by atoms with Gasteiger partial charge in [-0.1, -0.05) is 0 Å². The van der Waals surface area contributed by atoms with Crippen molar-refractivity contribution in [2.45, 2.75) is 32.7 Å². The van der Waals surface area contributed by atoms with Crippen LogP contribution >= 0.6 is 0 Å². The Labute approximate surface area is 175 Å². The number of carbonyl (C=O) groups is 1. The molecule has 0 bridgehead atoms. The number of pyridine rings is 1. The van der Waals surface area contributed by atoms with Crippen molar-refractivity contribution in [2.24, 2.45) is 21.8 Å². The van der Waals surface area contributed by atoms with Gasteiger partial charge in [0.05, 0.1) is 23.5 Å². The topological polar surface area (TPSA) is 91.9 Å². The summed E-state index contributed by atoms with van der Waals surface area (Å²) < 4.78 is 0. The molecule has 0 spiro atoms. The van der Waals surface area contributed by atoms with Gasteiger partial charge in [0.1, 0.15) is 0 Å². The molecule has 9 heteroatoms. The normalized spacial score (nSPS) is 25.2. The number of aliphatic imine (C=N–C) groups is 2. The van der Waals surface area contributed by atoms with Gasteiger partial charge in [0.25, 0.3) is 5.91 Å². The molecular weight excluding hydrogens is 380 g/mol. The van der Waals surface area contributed by atoms with Crippen molar-refractivity contribution < 1.29 is 4.79 Å². The molecule has 5 rings (SSSR count). The second kappa shape index (κ2) is 7.00. The summed E-state index contributed by atoms with van der Waals surface area (Å²) in [5, 5.41) is 8.27. The zero-order chi connectivity index (χ0) is 20.9. The van der Waals surface area contributed by atoms with Gasteiger partial charge in [-0.15, -0.1) is 4.80 Å². The summed E-state index contributed by atoms with van der Waals surface area (Å²) in [6.07, 6.45) is 5.72. The molecule has 2 atom stereocenters. The molecule has 2 fully saturated rings. The molecule has 2 saturated heterocycles. The first kappa shape index (κ1) is 18.9. The second-order valence-electron chi connectivity index (χ2n) is 9.08. The summed E-state index contributed by atoms with van der Waals surface area (Å²) in [5.74, 6) is 2.17. The van der Waals surface area contributed by atoms with Crippen molar-refractivity contribution >= 4 is 17.6 Å². The van der Waals surface area contributed by atoms with Crippen LogP contribution in [0.4, 0.5) is 0 Å². The van der Waals surface area contributed by atoms with Crippen LogP contribution in [-0.2, 0) is 0 Å². The molecule has 0 N–H and O–H groups in total. The largest absolute Gasteiger partial charge is 0.340 e. The summed E-state index contributed by atoms with van der Waals surface area (Å²) in [5.41, 5.74) is 1.57. The highest BCUT2D eigenvalue weighted by Gasteiger charge is 2.43. The van der Waals surface area contributed by atoms with E-state index in [-0.39, 0.29) is 11.4 Å². The Morgan fingerprint density at radius 1 is 1.07 bits per heavy atom. The van der Waals surface area contributed by atoms with Gasteiger partial charge >= 0.3 is 0 Å². The number of aromatic nitrogens is 4. The molecule has 9 nitrogen and oxygen atoms in total. The maximum Gasteiger partial charge on any atom is 0.257 e. The molecule has 1 amide bonds. The number of nitrogens with zero attached hydrogens (tertiary/aromatic N) is 8. The molecule has 3 aliphatic rings. The van der Waals surface area contributed by atoms with Gasteiger partial charge in [0, 0.05) is 56.3 Å². The maximum atomic E-state index is 13.3. The smallest absolute Gasteiger partial charge is 0.257 e. The SMILES string of the molecule is CC1=NC(N2CC3CN(C(=O)c4cccnc4-n4nccn4)CC3C2)=NC(C)(C)C1. The summed E-state index contributed by atoms with van der Waals surface area (Å²) in [4.78, 5) is 32.8. The number of carbonyl (C=O) groups excluding carboxylic acids is 1. The van der Waals surface area contributed by atoms with E-state index in [2.05, 4.69) is 40.9 Å². The lowest BCUT2D eigenvalue weighted by Gasteiger charge is -2.29. The summed E-state index contributed by atoms with van der Waals surface area (Å²) in [7, 11) is 0. The number of hydrogen-bond donors (Lipinski definition) is 0. The summed E-state index contributed by atoms with van der Waals surface area (Å²) in [6.45, 7) is 9.64. The molecule has 0 aromatic carbocycles. The van der Waals surface area contributed by atoms with E-state index in [1.165, 1.54) is 4.80 Å². The minimum absolute atomic E-state index is 0.0126. The van der Waals surface area contributed by atoms with Crippen LogP contribution in [0.5, 0.6) is 0 Å². The van der Waals surface area contributed by atoms with Crippen LogP contribution in [-0.4, -0.2) is 79.1 Å². The van der Waals surface area contributed by atoms with E-state index < -0.39 is 0 Å². The molecule has 30 heavy (non-hydrogen) atoms. The molecule has 0 saturated carbocycles. The number of hydrogen-bond acceptors (Lipinski definition) is 7. The van der Waals surface area contributed by atoms with Crippen molar-refractivity contribution in [1.29, 1.82) is 0 Å². The van der Waals surface area contributed by atoms with Crippen LogP contribution in [0.25, 0.3) is 5.82 Å². The molecule has 156 valence electrons. The predicted octanol–water partition coefficient (Wildman–Crippen LogP) is 1.67. The minimum atomic E-state index is -0.0991. The van der Waals surface area contributed by atoms with Crippen LogP contribution in [0, 0.1) is 11.8 Å². The van der Waals surface area contributed by atoms with Crippen molar-refractivity contribution in [3.63, 3.8) is 0 Å². The Morgan fingerprint density at radius 3 is 2.43 bits per heavy atom. The van der Waals surface area contributed by atoms with E-state index in [0.29, 0.717) is 23.2 Å². The molecule has 2 aromatic heterocycles. The van der Waals surface area contributed by atoms with Crippen molar-refractivity contribution in [1.82, 2.24) is 29.8 Å². The van der Waals surface area contributed by atoms with Gasteiger partial charge in [-0.2, -0.15) is 10.2 Å². The Bertz CT molecular complexity index is 1010. The highest BCUT2D eigenvalue weighted by atomic mass is 16.2. The van der Waals surface area contributed by atoms with Crippen LogP contribution < -0.4 is 0 Å². The molecule has 0 aliphatic carbocycles. The van der Waals surface area contributed by atoms with Gasteiger partial charge in [-0.05, 0) is 32.9 Å². The van der Waals surface area contributed by atoms with Gasteiger partial charge in [-0.3, -0.25) is 4.79 Å². The van der Waals surface area contributed by atoms with E-state index >= 15 is 0 Å². The van der Waals surface area contributed by atoms with Gasteiger partial charge in [0.15, 0.2) is 5.82 Å². The van der Waals surface area contributed by atoms with E-state index in [1.54, 1.807) is 30.7 Å². The van der Waals surface area contributed by atoms with Gasteiger partial charge < -0.3 is 9.80 Å². The average molecular weight is 406 g/mol. The first-order valence-corrected chi connectivity index (χ1v) is 10.4. The molecule has 2 unspecified atom stereocenters. The number of rotatable bonds is 2. The molecule has 3 aliphatic heterocycles. The highest BCUT2D eigenvalue weighted by Crippen LogP contribution is 2.34. The lowest BCUT2D eigenvalue weighted by molar-refractivity contribution is 0.0777. The Balaban J connectivity index is 1.30. The third kappa shape index (κ3) is 3.38. The summed E-state index contributed by atoms with van der Waals surface area (Å²) in [6, 6.07) is 3.58. The number of fused-ring (bicyclic) bond motifs is 1. The van der Waals surface area contributed by atoms with Crippen molar-refractivity contribution in [2.75, 3.05) is 26.2 Å². The zero-order valence-corrected chi connectivity index (χ0v) is 17.6. The van der Waals surface area contributed by atoms with Gasteiger partial charge in [0.2, 0.25) is 5.96 Å². The average Bonchev–Trinajstić information content (AvgIpc) is 3.42. The standard InChI is InChI=1S/C21H26N8O/c1-14-9-21(2,3)26-20(25-14)28-12-15-10-27(11-16(15)13-28)19(30)17-5-4-6-22-18(17)29-23-7-8-24-29/h4-8,15-16H,9-13H2,1-3H3. The van der Waals surface area contributed by atoms with E-state index in [9.17, 15) is 4.79 Å². The first-order valence-electron chi connectivity index (χ1n) is 10.4. The molecular formula is C21H26N8O. The van der Waals surface area contributed by atoms with E-state index in [1.807, 2.05) is 4.90 Å². The van der Waals surface area contributed by atoms with Crippen molar-refractivity contribution in [3.8, 4) is 5.82 Å². The van der Waals surface area contributed by atoms with E-state index in [4.69, 9.17) is 9.98 Å². The third-order valence-electron chi connectivity index (χ3n) is 6.06. The fraction of sp³-hybridized carbons (Fsp3) is 0.524. The fourth-order valence-electron chi connectivity index (χ4n) is 4.85. The highest BCUT2D eigenvalue weighted by molar-refractivity contribution is 5.99. The monoisotopic (exact) mass is 406 g/mol. The van der Waals surface area contributed by atoms with Crippen molar-refractivity contribution in [3.05, 3.63) is 36.3 Å². The molecule has 2 aromatic rings. The van der Waals surface area contributed by atoms with Crippen LogP contribution in [0.3, 0.4) is 0 Å². The summed E-state index contributed by atoms with van der Waals surface area (Å²) >= 11 is 0. The number of likely N-dealkylation sites (tertiary alicyclic amines) is 2. The van der Waals surface area contributed by atoms with Crippen LogP contribution in [0.15, 0.2) is 40.7 Å². The second-order valence-corrected chi connectivity index (χ2v) is 9.08. The number of amides is 1.